The molecule has 19 heavy (non-hydrogen) atoms. The summed E-state index contributed by atoms with van der Waals surface area (Å²) in [6.07, 6.45) is 13.8. The number of fused-ring (bicyclic) bond motifs is 2. The molecule has 1 aromatic rings. The number of terminal acetylenes is 1. The Kier molecular flexibility index (Phi) is 3.71. The highest BCUT2D eigenvalue weighted by molar-refractivity contribution is 5.23. The monoisotopic (exact) mass is 251 g/mol. The van der Waals surface area contributed by atoms with Gasteiger partial charge in [0.1, 0.15) is 0 Å². The van der Waals surface area contributed by atoms with Crippen molar-refractivity contribution in [1.29, 1.82) is 0 Å². The molecule has 0 saturated carbocycles. The predicted octanol–water partition coefficient (Wildman–Crippen LogP) is 3.76. The van der Waals surface area contributed by atoms with Crippen molar-refractivity contribution in [1.82, 2.24) is 4.90 Å². The maximum absolute atomic E-state index is 5.43. The summed E-state index contributed by atoms with van der Waals surface area (Å²) < 4.78 is 0. The lowest BCUT2D eigenvalue weighted by Crippen LogP contribution is -2.49. The zero-order chi connectivity index (χ0) is 13.1. The second-order valence-electron chi connectivity index (χ2n) is 5.77. The Labute approximate surface area is 116 Å². The third-order valence-corrected chi connectivity index (χ3v) is 4.50. The van der Waals surface area contributed by atoms with Crippen LogP contribution in [0.3, 0.4) is 0 Å². The fourth-order valence-corrected chi connectivity index (χ4v) is 3.63. The van der Waals surface area contributed by atoms with Gasteiger partial charge in [0, 0.05) is 18.6 Å². The summed E-state index contributed by atoms with van der Waals surface area (Å²) in [7, 11) is 0. The topological polar surface area (TPSA) is 3.24 Å². The van der Waals surface area contributed by atoms with Crippen LogP contribution in [0, 0.1) is 12.3 Å². The molecular weight excluding hydrogens is 230 g/mol. The summed E-state index contributed by atoms with van der Waals surface area (Å²) in [5.74, 6) is 2.71. The molecule has 1 aromatic carbocycles. The molecule has 1 heteroatoms. The number of piperidine rings is 2. The van der Waals surface area contributed by atoms with Crippen LogP contribution in [0.1, 0.15) is 37.7 Å². The first kappa shape index (κ1) is 12.5. The van der Waals surface area contributed by atoms with Crippen LogP contribution in [0.4, 0.5) is 0 Å². The highest BCUT2D eigenvalue weighted by Crippen LogP contribution is 2.37. The Morgan fingerprint density at radius 1 is 1.16 bits per heavy atom. The van der Waals surface area contributed by atoms with Crippen molar-refractivity contribution in [3.63, 3.8) is 0 Å². The largest absolute Gasteiger partial charge is 0.293 e. The van der Waals surface area contributed by atoms with Crippen molar-refractivity contribution in [3.05, 3.63) is 47.5 Å². The average Bonchev–Trinajstić information content (AvgIpc) is 2.41. The van der Waals surface area contributed by atoms with E-state index < -0.39 is 0 Å². The second-order valence-corrected chi connectivity index (χ2v) is 5.77. The van der Waals surface area contributed by atoms with Crippen molar-refractivity contribution in [2.75, 3.05) is 0 Å². The van der Waals surface area contributed by atoms with Gasteiger partial charge < -0.3 is 0 Å². The first-order valence-electron chi connectivity index (χ1n) is 7.30. The molecule has 2 atom stereocenters. The molecule has 0 N–H and O–H groups in total. The third-order valence-electron chi connectivity index (χ3n) is 4.50. The van der Waals surface area contributed by atoms with Gasteiger partial charge in [0.15, 0.2) is 0 Å². The van der Waals surface area contributed by atoms with Gasteiger partial charge in [-0.25, -0.2) is 0 Å². The maximum Gasteiger partial charge on any atom is 0.0239 e. The molecule has 2 heterocycles. The van der Waals surface area contributed by atoms with Gasteiger partial charge in [0.25, 0.3) is 0 Å². The summed E-state index contributed by atoms with van der Waals surface area (Å²) in [4.78, 5) is 2.71. The lowest BCUT2D eigenvalue weighted by Gasteiger charge is -2.47. The first-order chi connectivity index (χ1) is 9.36. The molecule has 2 fully saturated rings. The van der Waals surface area contributed by atoms with Crippen molar-refractivity contribution in [2.45, 2.75) is 50.7 Å². The number of rotatable bonds is 2. The Morgan fingerprint density at radius 2 is 1.84 bits per heavy atom. The molecule has 0 spiro atoms. The quantitative estimate of drug-likeness (QED) is 0.723. The van der Waals surface area contributed by atoms with Gasteiger partial charge in [-0.1, -0.05) is 48.2 Å². The van der Waals surface area contributed by atoms with Gasteiger partial charge >= 0.3 is 0 Å². The number of allylic oxidation sites excluding steroid dienone is 1. The zero-order valence-electron chi connectivity index (χ0n) is 11.4. The molecule has 0 radical (unpaired) electrons. The van der Waals surface area contributed by atoms with Crippen LogP contribution in [-0.4, -0.2) is 17.0 Å². The van der Waals surface area contributed by atoms with Gasteiger partial charge in [0.05, 0.1) is 0 Å². The van der Waals surface area contributed by atoms with Crippen molar-refractivity contribution in [3.8, 4) is 12.3 Å². The normalized spacial score (nSPS) is 26.8. The van der Waals surface area contributed by atoms with Crippen LogP contribution in [0.2, 0.25) is 0 Å². The minimum Gasteiger partial charge on any atom is -0.293 e. The van der Waals surface area contributed by atoms with Gasteiger partial charge in [-0.15, -0.1) is 6.42 Å². The van der Waals surface area contributed by atoms with E-state index in [1.54, 1.807) is 0 Å². The average molecular weight is 251 g/mol. The van der Waals surface area contributed by atoms with Crippen molar-refractivity contribution in [2.24, 2.45) is 0 Å². The maximum atomic E-state index is 5.43. The summed E-state index contributed by atoms with van der Waals surface area (Å²) in [6.45, 7) is 1.10. The molecule has 1 nitrogen and oxygen atoms in total. The molecule has 3 rings (SSSR count). The van der Waals surface area contributed by atoms with E-state index in [1.807, 2.05) is 6.08 Å². The van der Waals surface area contributed by atoms with Crippen molar-refractivity contribution >= 4 is 0 Å². The molecule has 2 unspecified atom stereocenters. The van der Waals surface area contributed by atoms with E-state index in [0.717, 1.165) is 6.54 Å². The van der Waals surface area contributed by atoms with Crippen LogP contribution in [-0.2, 0) is 6.54 Å². The third kappa shape index (κ3) is 2.74. The summed E-state index contributed by atoms with van der Waals surface area (Å²) in [6, 6.07) is 12.2. The Balaban J connectivity index is 1.76. The number of nitrogens with zero attached hydrogens (tertiary/aromatic N) is 1. The summed E-state index contributed by atoms with van der Waals surface area (Å²) in [5.41, 5.74) is 2.92. The fourth-order valence-electron chi connectivity index (χ4n) is 3.63. The van der Waals surface area contributed by atoms with Crippen LogP contribution in [0.25, 0.3) is 0 Å². The summed E-state index contributed by atoms with van der Waals surface area (Å²) in [5, 5.41) is 0. The predicted molar refractivity (Wildman–Crippen MR) is 79.6 cm³/mol. The van der Waals surface area contributed by atoms with E-state index in [-0.39, 0.29) is 0 Å². The molecule has 0 amide bonds. The summed E-state index contributed by atoms with van der Waals surface area (Å²) >= 11 is 0. The van der Waals surface area contributed by atoms with E-state index in [9.17, 15) is 0 Å². The Hall–Kier alpha value is -1.52. The fraction of sp³-hybridized carbons (Fsp3) is 0.444. The van der Waals surface area contributed by atoms with E-state index >= 15 is 0 Å². The molecule has 2 aliphatic rings. The van der Waals surface area contributed by atoms with E-state index in [0.29, 0.717) is 12.1 Å². The molecule has 0 aromatic heterocycles. The Morgan fingerprint density at radius 3 is 2.47 bits per heavy atom. The smallest absolute Gasteiger partial charge is 0.0239 e. The molecule has 2 bridgehead atoms. The van der Waals surface area contributed by atoms with Gasteiger partial charge in [-0.05, 0) is 37.3 Å². The van der Waals surface area contributed by atoms with Crippen LogP contribution in [0.15, 0.2) is 42.0 Å². The highest BCUT2D eigenvalue weighted by atomic mass is 15.2. The second kappa shape index (κ2) is 5.63. The van der Waals surface area contributed by atoms with Crippen LogP contribution < -0.4 is 0 Å². The van der Waals surface area contributed by atoms with Gasteiger partial charge in [-0.2, -0.15) is 0 Å². The molecular formula is C18H21N. The molecule has 2 saturated heterocycles. The van der Waals surface area contributed by atoms with Crippen LogP contribution >= 0.6 is 0 Å². The van der Waals surface area contributed by atoms with E-state index in [1.165, 1.54) is 43.2 Å². The Bertz CT molecular complexity index is 478. The zero-order valence-corrected chi connectivity index (χ0v) is 11.4. The highest BCUT2D eigenvalue weighted by Gasteiger charge is 2.35. The molecule has 0 aliphatic carbocycles. The SMILES string of the molecule is C#CC=C1CC2CCCC(C1)N2Cc1ccccc1. The first-order valence-corrected chi connectivity index (χ1v) is 7.30. The van der Waals surface area contributed by atoms with Gasteiger partial charge in [-0.3, -0.25) is 4.90 Å². The number of benzene rings is 1. The number of hydrogen-bond acceptors (Lipinski definition) is 1. The van der Waals surface area contributed by atoms with Crippen molar-refractivity contribution < 1.29 is 0 Å². The standard InChI is InChI=1S/C18H21N/c1-2-7-16-12-17-10-6-11-18(13-16)19(17)14-15-8-4-3-5-9-15/h1,3-5,7-9,17-18H,6,10-14H2. The van der Waals surface area contributed by atoms with Crippen LogP contribution in [0.5, 0.6) is 0 Å². The van der Waals surface area contributed by atoms with E-state index in [4.69, 9.17) is 6.42 Å². The molecule has 98 valence electrons. The van der Waals surface area contributed by atoms with E-state index in [2.05, 4.69) is 41.2 Å². The lowest BCUT2D eigenvalue weighted by molar-refractivity contribution is 0.0537. The minimum absolute atomic E-state index is 0.701. The lowest BCUT2D eigenvalue weighted by atomic mass is 9.81. The minimum atomic E-state index is 0.701. The number of hydrogen-bond donors (Lipinski definition) is 0. The van der Waals surface area contributed by atoms with Gasteiger partial charge in [0.2, 0.25) is 0 Å². The molecule has 2 aliphatic heterocycles.